The lowest BCUT2D eigenvalue weighted by Gasteiger charge is -2.07. The Morgan fingerprint density at radius 1 is 1.41 bits per heavy atom. The number of rotatable bonds is 6. The van der Waals surface area contributed by atoms with Gasteiger partial charge in [-0.3, -0.25) is 4.79 Å². The molecule has 0 atom stereocenters. The summed E-state index contributed by atoms with van der Waals surface area (Å²) in [6.07, 6.45) is 0.245. The molecule has 3 nitrogen and oxygen atoms in total. The lowest BCUT2D eigenvalue weighted by Crippen LogP contribution is -2.25. The molecule has 0 unspecified atom stereocenters. The number of benzene rings is 1. The van der Waals surface area contributed by atoms with Crippen LogP contribution >= 0.6 is 23.2 Å². The third kappa shape index (κ3) is 5.61. The van der Waals surface area contributed by atoms with E-state index in [4.69, 9.17) is 27.9 Å². The number of hydrogen-bond acceptors (Lipinski definition) is 2. The first-order valence-corrected chi connectivity index (χ1v) is 5.82. The third-order valence-corrected chi connectivity index (χ3v) is 2.35. The normalized spacial score (nSPS) is 9.76. The fourth-order valence-corrected chi connectivity index (χ4v) is 1.36. The zero-order valence-corrected chi connectivity index (χ0v) is 10.7. The smallest absolute Gasteiger partial charge is 0.223 e. The Kier molecular flexibility index (Phi) is 5.87. The van der Waals surface area contributed by atoms with Crippen molar-refractivity contribution in [2.45, 2.75) is 6.42 Å². The zero-order valence-electron chi connectivity index (χ0n) is 9.21. The van der Waals surface area contributed by atoms with E-state index < -0.39 is 0 Å². The second-order valence-electron chi connectivity index (χ2n) is 3.32. The van der Waals surface area contributed by atoms with Gasteiger partial charge in [-0.15, -0.1) is 0 Å². The number of halogens is 2. The Hall–Kier alpha value is -1.19. The van der Waals surface area contributed by atoms with Crippen molar-refractivity contribution in [3.63, 3.8) is 0 Å². The maximum atomic E-state index is 11.3. The van der Waals surface area contributed by atoms with Gasteiger partial charge in [0, 0.05) is 5.03 Å². The van der Waals surface area contributed by atoms with Gasteiger partial charge in [0.15, 0.2) is 0 Å². The van der Waals surface area contributed by atoms with E-state index in [2.05, 4.69) is 11.9 Å². The van der Waals surface area contributed by atoms with E-state index in [0.29, 0.717) is 15.8 Å². The van der Waals surface area contributed by atoms with Crippen LogP contribution in [0.2, 0.25) is 5.02 Å². The van der Waals surface area contributed by atoms with Gasteiger partial charge in [-0.25, -0.2) is 0 Å². The molecule has 1 aromatic rings. The number of nitrogens with one attached hydrogen (secondary N) is 1. The highest BCUT2D eigenvalue weighted by Gasteiger charge is 2.03. The summed E-state index contributed by atoms with van der Waals surface area (Å²) in [5.41, 5.74) is 0. The number of hydrogen-bond donors (Lipinski definition) is 1. The van der Waals surface area contributed by atoms with Crippen molar-refractivity contribution in [3.05, 3.63) is 40.9 Å². The predicted octanol–water partition coefficient (Wildman–Crippen LogP) is 2.98. The van der Waals surface area contributed by atoms with E-state index in [1.54, 1.807) is 12.1 Å². The fraction of sp³-hybridized carbons (Fsp3) is 0.250. The van der Waals surface area contributed by atoms with Gasteiger partial charge in [0.25, 0.3) is 0 Å². The molecule has 0 bridgehead atoms. The predicted molar refractivity (Wildman–Crippen MR) is 69.6 cm³/mol. The summed E-state index contributed by atoms with van der Waals surface area (Å²) in [6.45, 7) is 4.01. The molecule has 0 radical (unpaired) electrons. The number of amides is 1. The van der Waals surface area contributed by atoms with Gasteiger partial charge in [-0.05, 0) is 12.1 Å². The lowest BCUT2D eigenvalue weighted by molar-refractivity contribution is -0.121. The van der Waals surface area contributed by atoms with Crippen LogP contribution in [0.5, 0.6) is 5.75 Å². The summed E-state index contributed by atoms with van der Waals surface area (Å²) in [4.78, 5) is 11.3. The minimum absolute atomic E-state index is 0.140. The van der Waals surface area contributed by atoms with Crippen molar-refractivity contribution in [1.29, 1.82) is 0 Å². The van der Waals surface area contributed by atoms with E-state index in [9.17, 15) is 4.79 Å². The molecule has 0 aliphatic rings. The monoisotopic (exact) mass is 273 g/mol. The Bertz CT molecular complexity index is 407. The van der Waals surface area contributed by atoms with Crippen molar-refractivity contribution in [2.24, 2.45) is 0 Å². The van der Waals surface area contributed by atoms with Crippen LogP contribution in [0.15, 0.2) is 35.9 Å². The molecule has 0 heterocycles. The third-order valence-electron chi connectivity index (χ3n) is 1.90. The summed E-state index contributed by atoms with van der Waals surface area (Å²) in [5, 5.41) is 3.52. The van der Waals surface area contributed by atoms with Crippen molar-refractivity contribution in [2.75, 3.05) is 13.2 Å². The molecule has 1 rings (SSSR count). The van der Waals surface area contributed by atoms with Crippen LogP contribution in [0.3, 0.4) is 0 Å². The topological polar surface area (TPSA) is 38.3 Å². The van der Waals surface area contributed by atoms with Crippen LogP contribution in [0.4, 0.5) is 0 Å². The maximum Gasteiger partial charge on any atom is 0.223 e. The lowest BCUT2D eigenvalue weighted by atomic mass is 10.3. The van der Waals surface area contributed by atoms with Crippen molar-refractivity contribution < 1.29 is 9.53 Å². The summed E-state index contributed by atoms with van der Waals surface area (Å²) in [7, 11) is 0. The van der Waals surface area contributed by atoms with Crippen LogP contribution in [0, 0.1) is 0 Å². The van der Waals surface area contributed by atoms with Crippen LogP contribution in [-0.4, -0.2) is 19.1 Å². The Labute approximate surface area is 110 Å². The van der Waals surface area contributed by atoms with E-state index in [-0.39, 0.29) is 25.5 Å². The molecule has 0 aromatic heterocycles. The largest absolute Gasteiger partial charge is 0.491 e. The number of carbonyl (C=O) groups excluding carboxylic acids is 1. The Morgan fingerprint density at radius 3 is 2.76 bits per heavy atom. The molecule has 1 N–H and O–H groups in total. The van der Waals surface area contributed by atoms with Gasteiger partial charge in [0.1, 0.15) is 5.75 Å². The number of para-hydroxylation sites is 1. The van der Waals surface area contributed by atoms with E-state index in [1.807, 2.05) is 12.1 Å². The first-order chi connectivity index (χ1) is 8.09. The van der Waals surface area contributed by atoms with Crippen molar-refractivity contribution in [3.8, 4) is 5.75 Å². The molecular weight excluding hydrogens is 261 g/mol. The summed E-state index contributed by atoms with van der Waals surface area (Å²) in [5.74, 6) is 0.433. The van der Waals surface area contributed by atoms with Gasteiger partial charge in [0.2, 0.25) is 5.91 Å². The highest BCUT2D eigenvalue weighted by molar-refractivity contribution is 6.32. The van der Waals surface area contributed by atoms with Gasteiger partial charge in [-0.1, -0.05) is 41.9 Å². The standard InChI is InChI=1S/C12H13Cl2NO2/c1-9(13)8-15-12(16)6-7-17-11-5-3-2-4-10(11)14/h2-5H,1,6-8H2,(H,15,16). The first kappa shape index (κ1) is 13.9. The summed E-state index contributed by atoms with van der Waals surface area (Å²) < 4.78 is 5.37. The van der Waals surface area contributed by atoms with Crippen LogP contribution in [-0.2, 0) is 4.79 Å². The molecule has 0 fully saturated rings. The van der Waals surface area contributed by atoms with E-state index in [1.165, 1.54) is 0 Å². The van der Waals surface area contributed by atoms with Crippen LogP contribution < -0.4 is 10.1 Å². The molecule has 5 heteroatoms. The number of ether oxygens (including phenoxy) is 1. The highest BCUT2D eigenvalue weighted by Crippen LogP contribution is 2.22. The highest BCUT2D eigenvalue weighted by atomic mass is 35.5. The fourth-order valence-electron chi connectivity index (χ4n) is 1.10. The molecule has 0 aliphatic heterocycles. The molecule has 17 heavy (non-hydrogen) atoms. The minimum atomic E-state index is -0.140. The van der Waals surface area contributed by atoms with Gasteiger partial charge in [0.05, 0.1) is 24.6 Å². The maximum absolute atomic E-state index is 11.3. The molecule has 1 aromatic carbocycles. The quantitative estimate of drug-likeness (QED) is 0.866. The van der Waals surface area contributed by atoms with Crippen molar-refractivity contribution >= 4 is 29.1 Å². The Balaban J connectivity index is 2.26. The zero-order chi connectivity index (χ0) is 12.7. The molecule has 0 spiro atoms. The molecule has 0 saturated carbocycles. The molecule has 0 saturated heterocycles. The Morgan fingerprint density at radius 2 is 2.12 bits per heavy atom. The average molecular weight is 274 g/mol. The van der Waals surface area contributed by atoms with E-state index >= 15 is 0 Å². The molecule has 1 amide bonds. The molecular formula is C12H13Cl2NO2. The van der Waals surface area contributed by atoms with Gasteiger partial charge < -0.3 is 10.1 Å². The average Bonchev–Trinajstić information content (AvgIpc) is 2.29. The minimum Gasteiger partial charge on any atom is -0.491 e. The van der Waals surface area contributed by atoms with Gasteiger partial charge in [-0.2, -0.15) is 0 Å². The molecule has 92 valence electrons. The summed E-state index contributed by atoms with van der Waals surface area (Å²) in [6, 6.07) is 7.11. The van der Waals surface area contributed by atoms with Crippen molar-refractivity contribution in [1.82, 2.24) is 5.32 Å². The summed E-state index contributed by atoms with van der Waals surface area (Å²) >= 11 is 11.4. The number of carbonyl (C=O) groups is 1. The molecule has 0 aliphatic carbocycles. The first-order valence-electron chi connectivity index (χ1n) is 5.07. The SMILES string of the molecule is C=C(Cl)CNC(=O)CCOc1ccccc1Cl. The van der Waals surface area contributed by atoms with Crippen LogP contribution in [0.1, 0.15) is 6.42 Å². The van der Waals surface area contributed by atoms with Crippen LogP contribution in [0.25, 0.3) is 0 Å². The second kappa shape index (κ2) is 7.20. The second-order valence-corrected chi connectivity index (χ2v) is 4.26. The van der Waals surface area contributed by atoms with E-state index in [0.717, 1.165) is 0 Å². The van der Waals surface area contributed by atoms with Gasteiger partial charge >= 0.3 is 0 Å².